The van der Waals surface area contributed by atoms with Gasteiger partial charge in [0.1, 0.15) is 11.3 Å². The first kappa shape index (κ1) is 34.2. The molecular formula is C57H38N2O. The van der Waals surface area contributed by atoms with Crippen LogP contribution in [0.4, 0.5) is 34.1 Å². The number of anilines is 6. The van der Waals surface area contributed by atoms with E-state index in [9.17, 15) is 0 Å². The van der Waals surface area contributed by atoms with Crippen LogP contribution in [0.15, 0.2) is 235 Å². The van der Waals surface area contributed by atoms with Crippen LogP contribution in [0, 0.1) is 0 Å². The standard InChI is InChI=1S/C57H38N2O/c1-5-19-39(20-6-1)45-27-14-17-31-53(45)59(42-25-11-4-12-26-42)44-34-35-51-48(37-44)46-28-13-16-30-50(46)57(51)52-36-33-43(38-49(52)56-55(57)47-29-15-18-32-54(47)60-56)58(40-21-7-2-8-22-40)41-23-9-3-10-24-41/h1-38H. The van der Waals surface area contributed by atoms with Crippen molar-refractivity contribution in [3.63, 3.8) is 0 Å². The summed E-state index contributed by atoms with van der Waals surface area (Å²) in [6.07, 6.45) is 0. The minimum Gasteiger partial charge on any atom is -0.456 e. The molecule has 1 unspecified atom stereocenters. The molecule has 60 heavy (non-hydrogen) atoms. The van der Waals surface area contributed by atoms with Crippen molar-refractivity contribution >= 4 is 45.1 Å². The molecule has 9 aromatic carbocycles. The van der Waals surface area contributed by atoms with Gasteiger partial charge in [-0.15, -0.1) is 0 Å². The lowest BCUT2D eigenvalue weighted by atomic mass is 9.70. The number of nitrogens with zero attached hydrogens (tertiary/aromatic N) is 2. The zero-order chi connectivity index (χ0) is 39.6. The summed E-state index contributed by atoms with van der Waals surface area (Å²) in [6, 6.07) is 83.1. The Balaban J connectivity index is 1.11. The highest BCUT2D eigenvalue weighted by Crippen LogP contribution is 2.66. The number of furan rings is 1. The maximum Gasteiger partial charge on any atom is 0.140 e. The second-order valence-electron chi connectivity index (χ2n) is 15.6. The third-order valence-corrected chi connectivity index (χ3v) is 12.4. The monoisotopic (exact) mass is 766 g/mol. The van der Waals surface area contributed by atoms with Gasteiger partial charge in [0.25, 0.3) is 0 Å². The lowest BCUT2D eigenvalue weighted by molar-refractivity contribution is 0.628. The van der Waals surface area contributed by atoms with Crippen LogP contribution in [-0.4, -0.2) is 0 Å². The van der Waals surface area contributed by atoms with E-state index >= 15 is 0 Å². The third kappa shape index (κ3) is 5.03. The predicted octanol–water partition coefficient (Wildman–Crippen LogP) is 15.4. The van der Waals surface area contributed by atoms with Crippen molar-refractivity contribution in [3.8, 4) is 33.6 Å². The van der Waals surface area contributed by atoms with E-state index in [-0.39, 0.29) is 0 Å². The number of hydrogen-bond acceptors (Lipinski definition) is 3. The summed E-state index contributed by atoms with van der Waals surface area (Å²) in [6.45, 7) is 0. The number of hydrogen-bond donors (Lipinski definition) is 0. The lowest BCUT2D eigenvalue weighted by Crippen LogP contribution is -2.26. The molecule has 0 aliphatic heterocycles. The maximum atomic E-state index is 7.01. The van der Waals surface area contributed by atoms with Crippen molar-refractivity contribution in [1.82, 2.24) is 0 Å². The highest BCUT2D eigenvalue weighted by Gasteiger charge is 2.54. The van der Waals surface area contributed by atoms with E-state index in [0.717, 1.165) is 56.4 Å². The summed E-state index contributed by atoms with van der Waals surface area (Å²) in [5.74, 6) is 0.934. The molecule has 0 N–H and O–H groups in total. The van der Waals surface area contributed by atoms with Crippen LogP contribution < -0.4 is 9.80 Å². The zero-order valence-corrected chi connectivity index (χ0v) is 32.7. The van der Waals surface area contributed by atoms with Crippen molar-refractivity contribution in [1.29, 1.82) is 0 Å². The van der Waals surface area contributed by atoms with Crippen molar-refractivity contribution < 1.29 is 4.42 Å². The first-order chi connectivity index (χ1) is 29.8. The van der Waals surface area contributed by atoms with Gasteiger partial charge in [-0.2, -0.15) is 0 Å². The average molecular weight is 767 g/mol. The largest absolute Gasteiger partial charge is 0.456 e. The van der Waals surface area contributed by atoms with Crippen LogP contribution in [-0.2, 0) is 5.41 Å². The predicted molar refractivity (Wildman–Crippen MR) is 247 cm³/mol. The first-order valence-electron chi connectivity index (χ1n) is 20.6. The number of fused-ring (bicyclic) bond motifs is 12. The van der Waals surface area contributed by atoms with Gasteiger partial charge in [0.05, 0.1) is 11.1 Å². The molecule has 0 amide bonds. The van der Waals surface area contributed by atoms with E-state index in [0.29, 0.717) is 0 Å². The Morgan fingerprint density at radius 3 is 1.50 bits per heavy atom. The quantitative estimate of drug-likeness (QED) is 0.161. The maximum absolute atomic E-state index is 7.01. The van der Waals surface area contributed by atoms with Crippen LogP contribution in [0.3, 0.4) is 0 Å². The Morgan fingerprint density at radius 1 is 0.333 bits per heavy atom. The van der Waals surface area contributed by atoms with Crippen molar-refractivity contribution in [2.75, 3.05) is 9.80 Å². The summed E-state index contributed by atoms with van der Waals surface area (Å²) in [4.78, 5) is 4.74. The molecule has 0 bridgehead atoms. The van der Waals surface area contributed by atoms with E-state index in [2.05, 4.69) is 240 Å². The lowest BCUT2D eigenvalue weighted by Gasteiger charge is -2.32. The van der Waals surface area contributed by atoms with Gasteiger partial charge in [0, 0.05) is 50.5 Å². The first-order valence-corrected chi connectivity index (χ1v) is 20.6. The molecular weight excluding hydrogens is 729 g/mol. The molecule has 0 radical (unpaired) electrons. The van der Waals surface area contributed by atoms with E-state index in [4.69, 9.17) is 4.42 Å². The number of benzene rings is 9. The second-order valence-corrected chi connectivity index (χ2v) is 15.6. The minimum absolute atomic E-state index is 0.593. The van der Waals surface area contributed by atoms with E-state index in [1.165, 1.54) is 44.5 Å². The fourth-order valence-corrected chi connectivity index (χ4v) is 10.0. The molecule has 2 aliphatic carbocycles. The molecule has 3 heteroatoms. The summed E-state index contributed by atoms with van der Waals surface area (Å²) in [5.41, 5.74) is 17.8. The zero-order valence-electron chi connectivity index (χ0n) is 32.7. The fourth-order valence-electron chi connectivity index (χ4n) is 10.0. The Bertz CT molecular complexity index is 3170. The molecule has 1 aromatic heterocycles. The summed E-state index contributed by atoms with van der Waals surface area (Å²) < 4.78 is 7.01. The molecule has 0 fully saturated rings. The molecule has 1 heterocycles. The van der Waals surface area contributed by atoms with Crippen LogP contribution in [0.5, 0.6) is 0 Å². The van der Waals surface area contributed by atoms with E-state index < -0.39 is 5.41 Å². The number of rotatable bonds is 7. The van der Waals surface area contributed by atoms with Crippen molar-refractivity contribution in [3.05, 3.63) is 253 Å². The molecule has 0 saturated heterocycles. The van der Waals surface area contributed by atoms with E-state index in [1.54, 1.807) is 0 Å². The SMILES string of the molecule is c1ccc(-c2ccccc2N(c2ccccc2)c2ccc3c(c2)-c2ccccc2C32c3ccc(N(c4ccccc4)c4ccccc4)cc3-c3oc4ccccc4c32)cc1. The normalized spacial score (nSPS) is 14.4. The summed E-state index contributed by atoms with van der Waals surface area (Å²) >= 11 is 0. The summed E-state index contributed by atoms with van der Waals surface area (Å²) in [5, 5.41) is 1.14. The smallest absolute Gasteiger partial charge is 0.140 e. The number of para-hydroxylation sites is 5. The van der Waals surface area contributed by atoms with Gasteiger partial charge in [0.2, 0.25) is 0 Å². The van der Waals surface area contributed by atoms with Crippen molar-refractivity contribution in [2.24, 2.45) is 0 Å². The van der Waals surface area contributed by atoms with Gasteiger partial charge in [-0.25, -0.2) is 0 Å². The molecule has 3 nitrogen and oxygen atoms in total. The Kier molecular flexibility index (Phi) is 7.76. The molecule has 282 valence electrons. The third-order valence-electron chi connectivity index (χ3n) is 12.4. The van der Waals surface area contributed by atoms with Crippen LogP contribution in [0.25, 0.3) is 44.5 Å². The molecule has 2 aliphatic rings. The van der Waals surface area contributed by atoms with Crippen LogP contribution in [0.1, 0.15) is 22.3 Å². The molecule has 12 rings (SSSR count). The van der Waals surface area contributed by atoms with Gasteiger partial charge in [-0.05, 0) is 106 Å². The molecule has 1 atom stereocenters. The fraction of sp³-hybridized carbons (Fsp3) is 0.0175. The van der Waals surface area contributed by atoms with Gasteiger partial charge >= 0.3 is 0 Å². The highest BCUT2D eigenvalue weighted by atomic mass is 16.3. The minimum atomic E-state index is -0.593. The topological polar surface area (TPSA) is 19.6 Å². The molecule has 10 aromatic rings. The molecule has 1 spiro atoms. The van der Waals surface area contributed by atoms with Gasteiger partial charge < -0.3 is 14.2 Å². The van der Waals surface area contributed by atoms with Gasteiger partial charge in [-0.3, -0.25) is 0 Å². The molecule has 0 saturated carbocycles. The Hall–Kier alpha value is -7.88. The van der Waals surface area contributed by atoms with Crippen LogP contribution >= 0.6 is 0 Å². The van der Waals surface area contributed by atoms with Crippen LogP contribution in [0.2, 0.25) is 0 Å². The highest BCUT2D eigenvalue weighted by molar-refractivity contribution is 6.03. The Labute approximate surface area is 349 Å². The van der Waals surface area contributed by atoms with Crippen molar-refractivity contribution in [2.45, 2.75) is 5.41 Å². The summed E-state index contributed by atoms with van der Waals surface area (Å²) in [7, 11) is 0. The Morgan fingerprint density at radius 2 is 0.817 bits per heavy atom. The van der Waals surface area contributed by atoms with Gasteiger partial charge in [0.15, 0.2) is 0 Å². The second kappa shape index (κ2) is 13.6. The average Bonchev–Trinajstić information content (AvgIpc) is 3.94. The van der Waals surface area contributed by atoms with E-state index in [1.807, 2.05) is 0 Å². The van der Waals surface area contributed by atoms with Gasteiger partial charge in [-0.1, -0.05) is 158 Å².